The van der Waals surface area contributed by atoms with Crippen LogP contribution in [0.2, 0.25) is 0 Å². The number of amides is 3. The summed E-state index contributed by atoms with van der Waals surface area (Å²) in [6.07, 6.45) is 2.46. The summed E-state index contributed by atoms with van der Waals surface area (Å²) in [5.41, 5.74) is 1.86. The lowest BCUT2D eigenvalue weighted by Crippen LogP contribution is -2.54. The van der Waals surface area contributed by atoms with Gasteiger partial charge in [-0.05, 0) is 61.7 Å². The van der Waals surface area contributed by atoms with Gasteiger partial charge in [0.25, 0.3) is 0 Å². The van der Waals surface area contributed by atoms with Crippen molar-refractivity contribution in [3.05, 3.63) is 53.6 Å². The van der Waals surface area contributed by atoms with Gasteiger partial charge in [-0.2, -0.15) is 0 Å². The molecule has 8 nitrogen and oxygen atoms in total. The minimum absolute atomic E-state index is 0.159. The van der Waals surface area contributed by atoms with Gasteiger partial charge in [0, 0.05) is 24.2 Å². The van der Waals surface area contributed by atoms with Crippen molar-refractivity contribution in [2.75, 3.05) is 16.8 Å². The second kappa shape index (κ2) is 7.24. The zero-order chi connectivity index (χ0) is 23.8. The van der Waals surface area contributed by atoms with Crippen LogP contribution in [0.3, 0.4) is 0 Å². The predicted molar refractivity (Wildman–Crippen MR) is 123 cm³/mol. The Morgan fingerprint density at radius 3 is 2.59 bits per heavy atom. The fraction of sp³-hybridized carbons (Fsp3) is 0.385. The normalized spacial score (nSPS) is 29.4. The van der Waals surface area contributed by atoms with Crippen molar-refractivity contribution in [1.82, 2.24) is 4.90 Å². The molecule has 4 unspecified atom stereocenters. The van der Waals surface area contributed by atoms with Crippen molar-refractivity contribution in [2.24, 2.45) is 11.8 Å². The predicted octanol–water partition coefficient (Wildman–Crippen LogP) is 2.61. The highest BCUT2D eigenvalue weighted by atomic mass is 16.5. The Balaban J connectivity index is 1.47. The molecule has 2 aromatic rings. The fourth-order valence-corrected chi connectivity index (χ4v) is 6.55. The molecule has 3 saturated heterocycles. The number of ether oxygens (including phenoxy) is 1. The molecule has 0 bridgehead atoms. The van der Waals surface area contributed by atoms with Crippen LogP contribution in [0.4, 0.5) is 11.4 Å². The number of nitrogens with zero attached hydrogens (tertiary/aromatic N) is 2. The maximum absolute atomic E-state index is 14.0. The van der Waals surface area contributed by atoms with Gasteiger partial charge in [-0.1, -0.05) is 19.1 Å². The van der Waals surface area contributed by atoms with Crippen LogP contribution in [0.1, 0.15) is 37.8 Å². The molecule has 6 rings (SSSR count). The average Bonchev–Trinajstić information content (AvgIpc) is 3.52. The van der Waals surface area contributed by atoms with Crippen molar-refractivity contribution in [3.63, 3.8) is 0 Å². The number of rotatable bonds is 3. The summed E-state index contributed by atoms with van der Waals surface area (Å²) in [7, 11) is 0. The Kier molecular flexibility index (Phi) is 4.48. The minimum Gasteiger partial charge on any atom is -0.427 e. The first-order valence-corrected chi connectivity index (χ1v) is 11.8. The molecule has 1 spiro atoms. The van der Waals surface area contributed by atoms with Gasteiger partial charge in [0.05, 0.1) is 17.5 Å². The summed E-state index contributed by atoms with van der Waals surface area (Å²) < 4.78 is 5.08. The van der Waals surface area contributed by atoms with Crippen molar-refractivity contribution >= 4 is 35.1 Å². The number of esters is 1. The van der Waals surface area contributed by atoms with E-state index in [4.69, 9.17) is 4.74 Å². The van der Waals surface area contributed by atoms with Crippen LogP contribution in [0.25, 0.3) is 0 Å². The first kappa shape index (κ1) is 21.0. The molecule has 3 fully saturated rings. The number of imide groups is 1. The second-order valence-electron chi connectivity index (χ2n) is 9.46. The molecule has 2 aromatic carbocycles. The summed E-state index contributed by atoms with van der Waals surface area (Å²) in [6, 6.07) is 12.1. The molecule has 34 heavy (non-hydrogen) atoms. The molecule has 1 N–H and O–H groups in total. The Morgan fingerprint density at radius 1 is 1.12 bits per heavy atom. The first-order valence-electron chi connectivity index (χ1n) is 11.8. The van der Waals surface area contributed by atoms with Crippen LogP contribution in [0.5, 0.6) is 5.75 Å². The Hall–Kier alpha value is -3.52. The molecule has 4 aliphatic rings. The number of carbonyl (C=O) groups excluding carboxylic acids is 4. The highest BCUT2D eigenvalue weighted by molar-refractivity contribution is 6.25. The van der Waals surface area contributed by atoms with Crippen molar-refractivity contribution < 1.29 is 23.9 Å². The lowest BCUT2D eigenvalue weighted by molar-refractivity contribution is -0.135. The van der Waals surface area contributed by atoms with E-state index in [0.29, 0.717) is 18.0 Å². The van der Waals surface area contributed by atoms with E-state index in [9.17, 15) is 19.2 Å². The molecule has 0 saturated carbocycles. The number of anilines is 2. The lowest BCUT2D eigenvalue weighted by atomic mass is 9.75. The van der Waals surface area contributed by atoms with Gasteiger partial charge in [-0.25, -0.2) is 4.90 Å². The smallest absolute Gasteiger partial charge is 0.308 e. The molecule has 3 amide bonds. The Labute approximate surface area is 196 Å². The number of carbonyl (C=O) groups is 4. The van der Waals surface area contributed by atoms with Gasteiger partial charge in [-0.3, -0.25) is 24.1 Å². The zero-order valence-electron chi connectivity index (χ0n) is 19.0. The molecule has 0 radical (unpaired) electrons. The molecule has 0 aromatic heterocycles. The van der Waals surface area contributed by atoms with E-state index in [2.05, 4.69) is 17.1 Å². The van der Waals surface area contributed by atoms with Gasteiger partial charge in [0.15, 0.2) is 0 Å². The first-order chi connectivity index (χ1) is 16.4. The molecule has 8 heteroatoms. The molecular formula is C26H25N3O5. The number of fused-ring (bicyclic) bond motifs is 7. The van der Waals surface area contributed by atoms with Crippen molar-refractivity contribution in [1.29, 1.82) is 0 Å². The van der Waals surface area contributed by atoms with E-state index in [-0.39, 0.29) is 23.8 Å². The van der Waals surface area contributed by atoms with E-state index in [0.717, 1.165) is 36.1 Å². The summed E-state index contributed by atoms with van der Waals surface area (Å²) in [6.45, 7) is 4.04. The van der Waals surface area contributed by atoms with Gasteiger partial charge in [-0.15, -0.1) is 0 Å². The molecule has 174 valence electrons. The maximum Gasteiger partial charge on any atom is 0.308 e. The number of hydrogen-bond acceptors (Lipinski definition) is 6. The highest BCUT2D eigenvalue weighted by Crippen LogP contribution is 2.60. The summed E-state index contributed by atoms with van der Waals surface area (Å²) in [5, 5.41) is 3.01. The zero-order valence-corrected chi connectivity index (χ0v) is 19.0. The lowest BCUT2D eigenvalue weighted by Gasteiger charge is -2.36. The summed E-state index contributed by atoms with van der Waals surface area (Å²) in [5.74, 6) is -2.31. The molecule has 0 aliphatic carbocycles. The Bertz CT molecular complexity index is 1260. The van der Waals surface area contributed by atoms with Crippen LogP contribution in [0, 0.1) is 11.8 Å². The van der Waals surface area contributed by atoms with Gasteiger partial charge >= 0.3 is 5.97 Å². The number of nitrogens with one attached hydrogen (secondary N) is 1. The SMILES string of the molecule is CCc1ccc2c(c1)C1(C(=O)N2)C2C(=O)N(c3ccc(OC(C)=O)cc3)C(=O)C2C2CCCN21. The van der Waals surface area contributed by atoms with E-state index < -0.39 is 23.3 Å². The average molecular weight is 460 g/mol. The highest BCUT2D eigenvalue weighted by Gasteiger charge is 2.74. The third-order valence-corrected chi connectivity index (χ3v) is 7.82. The number of benzene rings is 2. The van der Waals surface area contributed by atoms with Crippen molar-refractivity contribution in [2.45, 2.75) is 44.7 Å². The monoisotopic (exact) mass is 459 g/mol. The topological polar surface area (TPSA) is 96.0 Å². The largest absolute Gasteiger partial charge is 0.427 e. The van der Waals surface area contributed by atoms with Gasteiger partial charge in [0.1, 0.15) is 11.3 Å². The number of hydrogen-bond donors (Lipinski definition) is 1. The summed E-state index contributed by atoms with van der Waals surface area (Å²) in [4.78, 5) is 56.0. The van der Waals surface area contributed by atoms with E-state index in [1.165, 1.54) is 11.8 Å². The standard InChI is InChI=1S/C26H25N3O5/c1-3-15-6-11-19-18(13-15)26(25(33)27-19)22-21(20-5-4-12-28(20)26)23(31)29(24(22)32)16-7-9-17(10-8-16)34-14(2)30/h6-11,13,20-22H,3-5,12H2,1-2H3,(H,27,33). The molecule has 4 atom stereocenters. The van der Waals surface area contributed by atoms with Crippen molar-refractivity contribution in [3.8, 4) is 5.75 Å². The van der Waals surface area contributed by atoms with E-state index in [1.54, 1.807) is 24.3 Å². The second-order valence-corrected chi connectivity index (χ2v) is 9.46. The molecule has 4 heterocycles. The third kappa shape index (κ3) is 2.57. The summed E-state index contributed by atoms with van der Waals surface area (Å²) >= 11 is 0. The van der Waals surface area contributed by atoms with Crippen LogP contribution in [0.15, 0.2) is 42.5 Å². The van der Waals surface area contributed by atoms with Crippen LogP contribution in [-0.4, -0.2) is 41.2 Å². The van der Waals surface area contributed by atoms with Crippen LogP contribution >= 0.6 is 0 Å². The van der Waals surface area contributed by atoms with Gasteiger partial charge in [0.2, 0.25) is 17.7 Å². The van der Waals surface area contributed by atoms with Crippen LogP contribution in [-0.2, 0) is 31.1 Å². The van der Waals surface area contributed by atoms with E-state index >= 15 is 0 Å². The molecule has 4 aliphatic heterocycles. The fourth-order valence-electron chi connectivity index (χ4n) is 6.55. The Morgan fingerprint density at radius 2 is 1.88 bits per heavy atom. The van der Waals surface area contributed by atoms with E-state index in [1.807, 2.05) is 18.2 Å². The third-order valence-electron chi connectivity index (χ3n) is 7.82. The maximum atomic E-state index is 14.0. The van der Waals surface area contributed by atoms with Gasteiger partial charge < -0.3 is 10.1 Å². The quantitative estimate of drug-likeness (QED) is 0.431. The number of aryl methyl sites for hydroxylation is 1. The van der Waals surface area contributed by atoms with Crippen LogP contribution < -0.4 is 15.0 Å². The molecular weight excluding hydrogens is 434 g/mol. The minimum atomic E-state index is -1.18.